The van der Waals surface area contributed by atoms with Gasteiger partial charge in [0, 0.05) is 25.3 Å². The highest BCUT2D eigenvalue weighted by Gasteiger charge is 2.08. The molecule has 0 aliphatic heterocycles. The number of hydrogen-bond donors (Lipinski definition) is 2. The van der Waals surface area contributed by atoms with Crippen LogP contribution in [0.5, 0.6) is 11.5 Å². The van der Waals surface area contributed by atoms with Crippen molar-refractivity contribution < 1.29 is 9.47 Å². The first-order valence-electron chi connectivity index (χ1n) is 9.30. The number of anilines is 1. The molecule has 0 saturated heterocycles. The lowest BCUT2D eigenvalue weighted by Crippen LogP contribution is -2.31. The average Bonchev–Trinajstić information content (AvgIpc) is 2.99. The smallest absolute Gasteiger partial charge is 0.196 e. The summed E-state index contributed by atoms with van der Waals surface area (Å²) in [6.45, 7) is 7.89. The van der Waals surface area contributed by atoms with Crippen molar-refractivity contribution in [2.45, 2.75) is 40.2 Å². The number of guanidine groups is 1. The topological polar surface area (TPSA) is 85.6 Å². The van der Waals surface area contributed by atoms with Crippen LogP contribution in [0.4, 0.5) is 5.69 Å². The van der Waals surface area contributed by atoms with E-state index in [2.05, 4.69) is 32.7 Å². The first-order chi connectivity index (χ1) is 13.1. The summed E-state index contributed by atoms with van der Waals surface area (Å²) in [7, 11) is 3.57. The minimum absolute atomic E-state index is 0.437. The van der Waals surface area contributed by atoms with Gasteiger partial charge in [-0.3, -0.25) is 0 Å². The van der Waals surface area contributed by atoms with E-state index < -0.39 is 0 Å². The summed E-state index contributed by atoms with van der Waals surface area (Å²) >= 11 is 0. The van der Waals surface area contributed by atoms with E-state index in [9.17, 15) is 0 Å². The van der Waals surface area contributed by atoms with Gasteiger partial charge >= 0.3 is 0 Å². The van der Waals surface area contributed by atoms with Crippen molar-refractivity contribution in [2.24, 2.45) is 12.0 Å². The summed E-state index contributed by atoms with van der Waals surface area (Å²) in [5.74, 6) is 3.77. The van der Waals surface area contributed by atoms with Crippen LogP contribution in [0.2, 0.25) is 0 Å². The molecular formula is C19H30N6O2. The number of nitrogens with zero attached hydrogens (tertiary/aromatic N) is 4. The first kappa shape index (κ1) is 20.5. The molecule has 148 valence electrons. The molecule has 1 aromatic heterocycles. The number of hydrogen-bond acceptors (Lipinski definition) is 5. The molecule has 1 aromatic carbocycles. The predicted molar refractivity (Wildman–Crippen MR) is 108 cm³/mol. The zero-order valence-corrected chi connectivity index (χ0v) is 16.9. The second-order valence-corrected chi connectivity index (χ2v) is 6.09. The number of benzene rings is 1. The van der Waals surface area contributed by atoms with Gasteiger partial charge in [-0.25, -0.2) is 4.99 Å². The van der Waals surface area contributed by atoms with E-state index in [1.165, 1.54) is 0 Å². The van der Waals surface area contributed by atoms with Gasteiger partial charge in [-0.05, 0) is 32.4 Å². The standard InChI is InChI=1S/C19H30N6O2/c1-6-8-11-20-19(21-13-18-24-23-14(3)25(18)4)22-15-9-10-16(27-7-2)17(12-15)26-5/h9-10,12H,6-8,11,13H2,1-5H3,(H2,20,21,22). The van der Waals surface area contributed by atoms with Gasteiger partial charge in [-0.15, -0.1) is 10.2 Å². The number of aliphatic imine (C=N–C) groups is 1. The minimum atomic E-state index is 0.437. The van der Waals surface area contributed by atoms with Gasteiger partial charge in [0.2, 0.25) is 0 Å². The van der Waals surface area contributed by atoms with Crippen molar-refractivity contribution in [1.29, 1.82) is 0 Å². The van der Waals surface area contributed by atoms with Crippen LogP contribution in [0.15, 0.2) is 23.2 Å². The Labute approximate surface area is 161 Å². The van der Waals surface area contributed by atoms with Crippen molar-refractivity contribution >= 4 is 11.6 Å². The van der Waals surface area contributed by atoms with Gasteiger partial charge in [-0.2, -0.15) is 0 Å². The molecule has 0 amide bonds. The Kier molecular flexibility index (Phi) is 7.91. The van der Waals surface area contributed by atoms with Crippen molar-refractivity contribution in [3.63, 3.8) is 0 Å². The fraction of sp³-hybridized carbons (Fsp3) is 0.526. The molecule has 2 rings (SSSR count). The maximum Gasteiger partial charge on any atom is 0.196 e. The molecule has 0 atom stereocenters. The molecule has 0 spiro atoms. The van der Waals surface area contributed by atoms with Crippen LogP contribution in [-0.2, 0) is 13.6 Å². The Morgan fingerprint density at radius 3 is 2.67 bits per heavy atom. The Morgan fingerprint density at radius 1 is 1.22 bits per heavy atom. The Hall–Kier alpha value is -2.77. The van der Waals surface area contributed by atoms with Crippen LogP contribution < -0.4 is 20.1 Å². The van der Waals surface area contributed by atoms with Gasteiger partial charge in [-0.1, -0.05) is 13.3 Å². The largest absolute Gasteiger partial charge is 0.493 e. The molecule has 0 bridgehead atoms. The third kappa shape index (κ3) is 5.87. The molecular weight excluding hydrogens is 344 g/mol. The zero-order valence-electron chi connectivity index (χ0n) is 16.9. The van der Waals surface area contributed by atoms with Gasteiger partial charge in [0.1, 0.15) is 12.4 Å². The summed E-state index contributed by atoms with van der Waals surface area (Å²) in [4.78, 5) is 4.65. The SMILES string of the molecule is CCCCNC(=NCc1nnc(C)n1C)Nc1ccc(OCC)c(OC)c1. The summed E-state index contributed by atoms with van der Waals surface area (Å²) in [5.41, 5.74) is 0.868. The molecule has 2 aromatic rings. The summed E-state index contributed by atoms with van der Waals surface area (Å²) in [6.07, 6.45) is 2.18. The lowest BCUT2D eigenvalue weighted by atomic mass is 10.2. The molecule has 0 unspecified atom stereocenters. The summed E-state index contributed by atoms with van der Waals surface area (Å²) in [5, 5.41) is 14.9. The fourth-order valence-electron chi connectivity index (χ4n) is 2.42. The Morgan fingerprint density at radius 2 is 2.04 bits per heavy atom. The van der Waals surface area contributed by atoms with E-state index in [-0.39, 0.29) is 0 Å². The third-order valence-electron chi connectivity index (χ3n) is 4.11. The van der Waals surface area contributed by atoms with E-state index in [1.54, 1.807) is 7.11 Å². The van der Waals surface area contributed by atoms with Gasteiger partial charge in [0.15, 0.2) is 23.3 Å². The molecule has 0 aliphatic carbocycles. The van der Waals surface area contributed by atoms with Crippen molar-refractivity contribution in [3.05, 3.63) is 29.8 Å². The van der Waals surface area contributed by atoms with Crippen LogP contribution in [0, 0.1) is 6.92 Å². The highest BCUT2D eigenvalue weighted by atomic mass is 16.5. The lowest BCUT2D eigenvalue weighted by Gasteiger charge is -2.15. The van der Waals surface area contributed by atoms with Gasteiger partial charge < -0.3 is 24.7 Å². The number of ether oxygens (including phenoxy) is 2. The van der Waals surface area contributed by atoms with Crippen molar-refractivity contribution in [2.75, 3.05) is 25.6 Å². The molecule has 8 nitrogen and oxygen atoms in total. The lowest BCUT2D eigenvalue weighted by molar-refractivity contribution is 0.311. The van der Waals surface area contributed by atoms with Crippen LogP contribution >= 0.6 is 0 Å². The van der Waals surface area contributed by atoms with Crippen LogP contribution in [0.3, 0.4) is 0 Å². The van der Waals surface area contributed by atoms with E-state index >= 15 is 0 Å². The van der Waals surface area contributed by atoms with Crippen LogP contribution in [0.25, 0.3) is 0 Å². The van der Waals surface area contributed by atoms with Crippen LogP contribution in [-0.4, -0.2) is 41.0 Å². The Balaban J connectivity index is 2.15. The van der Waals surface area contributed by atoms with Gasteiger partial charge in [0.05, 0.1) is 13.7 Å². The van der Waals surface area contributed by atoms with E-state index in [4.69, 9.17) is 9.47 Å². The number of unbranched alkanes of at least 4 members (excludes halogenated alkanes) is 1. The number of aromatic nitrogens is 3. The monoisotopic (exact) mass is 374 g/mol. The van der Waals surface area contributed by atoms with Gasteiger partial charge in [0.25, 0.3) is 0 Å². The quantitative estimate of drug-likeness (QED) is 0.399. The maximum absolute atomic E-state index is 5.57. The predicted octanol–water partition coefficient (Wildman–Crippen LogP) is 2.89. The normalized spacial score (nSPS) is 11.4. The molecule has 0 radical (unpaired) electrons. The highest BCUT2D eigenvalue weighted by molar-refractivity contribution is 5.93. The van der Waals surface area contributed by atoms with Crippen LogP contribution in [0.1, 0.15) is 38.3 Å². The number of methoxy groups -OCH3 is 1. The van der Waals surface area contributed by atoms with E-state index in [0.29, 0.717) is 24.9 Å². The molecule has 0 fully saturated rings. The first-order valence-corrected chi connectivity index (χ1v) is 9.30. The fourth-order valence-corrected chi connectivity index (χ4v) is 2.42. The second-order valence-electron chi connectivity index (χ2n) is 6.09. The van der Waals surface area contributed by atoms with E-state index in [0.717, 1.165) is 42.5 Å². The number of aryl methyl sites for hydroxylation is 1. The molecule has 1 heterocycles. The number of nitrogens with one attached hydrogen (secondary N) is 2. The number of rotatable bonds is 9. The Bertz CT molecular complexity index is 757. The third-order valence-corrected chi connectivity index (χ3v) is 4.11. The molecule has 0 saturated carbocycles. The molecule has 2 N–H and O–H groups in total. The second kappa shape index (κ2) is 10.4. The van der Waals surface area contributed by atoms with Crippen molar-refractivity contribution in [3.8, 4) is 11.5 Å². The average molecular weight is 374 g/mol. The zero-order chi connectivity index (χ0) is 19.6. The molecule has 8 heteroatoms. The maximum atomic E-state index is 5.57. The summed E-state index contributed by atoms with van der Waals surface area (Å²) in [6, 6.07) is 5.73. The van der Waals surface area contributed by atoms with Crippen molar-refractivity contribution in [1.82, 2.24) is 20.1 Å². The molecule has 0 aliphatic rings. The minimum Gasteiger partial charge on any atom is -0.493 e. The van der Waals surface area contributed by atoms with E-state index in [1.807, 2.05) is 43.7 Å². The highest BCUT2D eigenvalue weighted by Crippen LogP contribution is 2.30. The molecule has 27 heavy (non-hydrogen) atoms. The summed E-state index contributed by atoms with van der Waals surface area (Å²) < 4.78 is 12.9.